The molecule has 0 saturated carbocycles. The number of amides is 1. The molecule has 0 aliphatic heterocycles. The number of hydrogen-bond acceptors (Lipinski definition) is 2. The normalized spacial score (nSPS) is 18.5. The Labute approximate surface area is 205 Å². The van der Waals surface area contributed by atoms with Gasteiger partial charge in [0, 0.05) is 45.0 Å². The highest BCUT2D eigenvalue weighted by atomic mass is 35.5. The van der Waals surface area contributed by atoms with Gasteiger partial charge in [-0.15, -0.1) is 0 Å². The molecule has 0 aromatic heterocycles. The van der Waals surface area contributed by atoms with E-state index in [1.807, 2.05) is 32.0 Å². The molecule has 1 aliphatic rings. The average molecular weight is 486 g/mol. The second kappa shape index (κ2) is 10.6. The maximum atomic E-state index is 12.6. The van der Waals surface area contributed by atoms with E-state index in [1.54, 1.807) is 30.3 Å². The summed E-state index contributed by atoms with van der Waals surface area (Å²) in [5.74, 6) is -1.77. The van der Waals surface area contributed by atoms with Gasteiger partial charge >= 0.3 is 5.97 Å². The Balaban J connectivity index is 1.94. The Hall–Kier alpha value is -2.56. The molecule has 3 rings (SSSR count). The molecule has 2 aromatic rings. The van der Waals surface area contributed by atoms with E-state index in [2.05, 4.69) is 24.4 Å². The molecule has 0 bridgehead atoms. The molecule has 33 heavy (non-hydrogen) atoms. The molecule has 0 spiro atoms. The third-order valence-corrected chi connectivity index (χ3v) is 7.31. The standard InChI is InChI=1S/C27H29Cl2NO3/c1-4-8-20(17-9-6-5-7-10-17)21-15-22(26(32)33)23(27(2,3)24(21)29)16-30-25(31)18-11-13-19(28)14-12-18/h5-7,9-15,20,23H,4,8,16H2,1-3H3,(H,30,31)(H,32,33). The summed E-state index contributed by atoms with van der Waals surface area (Å²) in [6, 6.07) is 16.6. The minimum atomic E-state index is -1.00. The minimum Gasteiger partial charge on any atom is -0.478 e. The van der Waals surface area contributed by atoms with Gasteiger partial charge in [0.15, 0.2) is 0 Å². The van der Waals surface area contributed by atoms with Gasteiger partial charge in [-0.2, -0.15) is 0 Å². The maximum absolute atomic E-state index is 12.6. The number of aliphatic carboxylic acids is 1. The Morgan fingerprint density at radius 1 is 1.06 bits per heavy atom. The average Bonchev–Trinajstić information content (AvgIpc) is 2.79. The summed E-state index contributed by atoms with van der Waals surface area (Å²) in [6.45, 7) is 6.14. The predicted molar refractivity (Wildman–Crippen MR) is 134 cm³/mol. The molecule has 0 heterocycles. The third kappa shape index (κ3) is 5.51. The van der Waals surface area contributed by atoms with Crippen LogP contribution in [0.1, 0.15) is 55.5 Å². The van der Waals surface area contributed by atoms with Crippen molar-refractivity contribution in [3.05, 3.63) is 93.0 Å². The topological polar surface area (TPSA) is 66.4 Å². The predicted octanol–water partition coefficient (Wildman–Crippen LogP) is 6.81. The van der Waals surface area contributed by atoms with Crippen molar-refractivity contribution in [2.75, 3.05) is 6.54 Å². The number of carboxylic acids is 1. The molecule has 0 fully saturated rings. The van der Waals surface area contributed by atoms with Gasteiger partial charge in [0.2, 0.25) is 0 Å². The summed E-state index contributed by atoms with van der Waals surface area (Å²) >= 11 is 12.9. The largest absolute Gasteiger partial charge is 0.478 e. The Kier molecular flexibility index (Phi) is 8.04. The summed E-state index contributed by atoms with van der Waals surface area (Å²) in [5, 5.41) is 14.1. The molecule has 2 atom stereocenters. The molecule has 4 nitrogen and oxygen atoms in total. The van der Waals surface area contributed by atoms with Crippen LogP contribution in [0.5, 0.6) is 0 Å². The first kappa shape index (κ1) is 25.1. The number of carbonyl (C=O) groups excluding carboxylic acids is 1. The van der Waals surface area contributed by atoms with E-state index in [0.717, 1.165) is 24.0 Å². The highest BCUT2D eigenvalue weighted by Crippen LogP contribution is 2.50. The zero-order valence-corrected chi connectivity index (χ0v) is 20.6. The van der Waals surface area contributed by atoms with Crippen LogP contribution >= 0.6 is 23.2 Å². The molecule has 6 heteroatoms. The van der Waals surface area contributed by atoms with Crippen molar-refractivity contribution in [2.24, 2.45) is 11.3 Å². The molecule has 0 saturated heterocycles. The molecule has 2 aromatic carbocycles. The lowest BCUT2D eigenvalue weighted by Gasteiger charge is -2.40. The second-order valence-electron chi connectivity index (χ2n) is 8.92. The number of halogens is 2. The second-order valence-corrected chi connectivity index (χ2v) is 9.73. The first-order chi connectivity index (χ1) is 15.7. The van der Waals surface area contributed by atoms with Gasteiger partial charge in [-0.05, 0) is 47.9 Å². The number of carbonyl (C=O) groups is 2. The quantitative estimate of drug-likeness (QED) is 0.431. The fourth-order valence-electron chi connectivity index (χ4n) is 4.45. The van der Waals surface area contributed by atoms with Gasteiger partial charge < -0.3 is 10.4 Å². The summed E-state index contributed by atoms with van der Waals surface area (Å²) < 4.78 is 0. The van der Waals surface area contributed by atoms with Crippen LogP contribution in [-0.4, -0.2) is 23.5 Å². The van der Waals surface area contributed by atoms with Crippen LogP contribution in [-0.2, 0) is 4.79 Å². The van der Waals surface area contributed by atoms with Crippen LogP contribution in [0, 0.1) is 11.3 Å². The van der Waals surface area contributed by atoms with E-state index < -0.39 is 17.3 Å². The zero-order chi connectivity index (χ0) is 24.2. The van der Waals surface area contributed by atoms with Gasteiger partial charge in [-0.25, -0.2) is 4.79 Å². The first-order valence-electron chi connectivity index (χ1n) is 11.1. The van der Waals surface area contributed by atoms with E-state index in [4.69, 9.17) is 23.2 Å². The number of carboxylic acid groups (broad SMARTS) is 1. The molecule has 0 radical (unpaired) electrons. The SMILES string of the molecule is CCCC(C1=C(Cl)C(C)(C)C(CNC(=O)c2ccc(Cl)cc2)C(C(=O)O)=C1)c1ccccc1. The summed E-state index contributed by atoms with van der Waals surface area (Å²) in [6.07, 6.45) is 3.51. The van der Waals surface area contributed by atoms with Gasteiger partial charge in [0.25, 0.3) is 5.91 Å². The Morgan fingerprint density at radius 2 is 1.70 bits per heavy atom. The van der Waals surface area contributed by atoms with Crippen LogP contribution in [0.4, 0.5) is 0 Å². The lowest BCUT2D eigenvalue weighted by Crippen LogP contribution is -2.41. The number of hydrogen-bond donors (Lipinski definition) is 2. The Morgan fingerprint density at radius 3 is 2.27 bits per heavy atom. The van der Waals surface area contributed by atoms with Crippen LogP contribution in [0.15, 0.2) is 76.9 Å². The zero-order valence-electron chi connectivity index (χ0n) is 19.1. The van der Waals surface area contributed by atoms with Gasteiger partial charge in [-0.3, -0.25) is 4.79 Å². The Bertz CT molecular complexity index is 1070. The summed E-state index contributed by atoms with van der Waals surface area (Å²) in [5.41, 5.74) is 2.00. The van der Waals surface area contributed by atoms with Crippen molar-refractivity contribution in [3.63, 3.8) is 0 Å². The van der Waals surface area contributed by atoms with E-state index in [1.165, 1.54) is 0 Å². The van der Waals surface area contributed by atoms with Crippen molar-refractivity contribution in [1.82, 2.24) is 5.32 Å². The van der Waals surface area contributed by atoms with Crippen LogP contribution in [0.25, 0.3) is 0 Å². The van der Waals surface area contributed by atoms with Crippen LogP contribution in [0.2, 0.25) is 5.02 Å². The molecule has 1 amide bonds. The van der Waals surface area contributed by atoms with E-state index >= 15 is 0 Å². The monoisotopic (exact) mass is 485 g/mol. The number of allylic oxidation sites excluding steroid dienone is 3. The van der Waals surface area contributed by atoms with Crippen molar-refractivity contribution < 1.29 is 14.7 Å². The van der Waals surface area contributed by atoms with Gasteiger partial charge in [0.1, 0.15) is 0 Å². The summed E-state index contributed by atoms with van der Waals surface area (Å²) in [7, 11) is 0. The minimum absolute atomic E-state index is 0.00179. The van der Waals surface area contributed by atoms with E-state index in [0.29, 0.717) is 15.6 Å². The number of nitrogens with one attached hydrogen (secondary N) is 1. The van der Waals surface area contributed by atoms with E-state index in [-0.39, 0.29) is 23.9 Å². The first-order valence-corrected chi connectivity index (χ1v) is 11.9. The molecule has 2 N–H and O–H groups in total. The van der Waals surface area contributed by atoms with Gasteiger partial charge in [-0.1, -0.05) is 80.7 Å². The number of benzene rings is 2. The highest BCUT2D eigenvalue weighted by molar-refractivity contribution is 6.31. The fourth-order valence-corrected chi connectivity index (χ4v) is 4.89. The molecule has 174 valence electrons. The lowest BCUT2D eigenvalue weighted by atomic mass is 9.67. The molecular formula is C27H29Cl2NO3. The van der Waals surface area contributed by atoms with E-state index in [9.17, 15) is 14.7 Å². The fraction of sp³-hybridized carbons (Fsp3) is 0.333. The van der Waals surface area contributed by atoms with Gasteiger partial charge in [0.05, 0.1) is 0 Å². The number of rotatable bonds is 8. The summed E-state index contributed by atoms with van der Waals surface area (Å²) in [4.78, 5) is 25.0. The smallest absolute Gasteiger partial charge is 0.331 e. The highest BCUT2D eigenvalue weighted by Gasteiger charge is 2.43. The van der Waals surface area contributed by atoms with Crippen LogP contribution in [0.3, 0.4) is 0 Å². The van der Waals surface area contributed by atoms with Crippen molar-refractivity contribution in [2.45, 2.75) is 39.5 Å². The van der Waals surface area contributed by atoms with Crippen molar-refractivity contribution in [1.29, 1.82) is 0 Å². The van der Waals surface area contributed by atoms with Crippen molar-refractivity contribution in [3.8, 4) is 0 Å². The molecule has 1 aliphatic carbocycles. The molecular weight excluding hydrogens is 457 g/mol. The molecule has 2 unspecified atom stereocenters. The van der Waals surface area contributed by atoms with Crippen molar-refractivity contribution >= 4 is 35.1 Å². The van der Waals surface area contributed by atoms with Crippen LogP contribution < -0.4 is 5.32 Å². The third-order valence-electron chi connectivity index (χ3n) is 6.35. The lowest BCUT2D eigenvalue weighted by molar-refractivity contribution is -0.133. The maximum Gasteiger partial charge on any atom is 0.331 e.